The Morgan fingerprint density at radius 1 is 1.30 bits per heavy atom. The maximum absolute atomic E-state index is 11.6. The molecule has 0 unspecified atom stereocenters. The molecule has 0 saturated carbocycles. The lowest BCUT2D eigenvalue weighted by atomic mass is 10.2. The Kier molecular flexibility index (Phi) is 4.93. The number of rotatable bonds is 5. The highest BCUT2D eigenvalue weighted by Crippen LogP contribution is 2.14. The van der Waals surface area contributed by atoms with Crippen LogP contribution in [0.1, 0.15) is 32.3 Å². The third-order valence-electron chi connectivity index (χ3n) is 3.21. The zero-order valence-corrected chi connectivity index (χ0v) is 12.0. The van der Waals surface area contributed by atoms with E-state index in [1.807, 2.05) is 30.3 Å². The first kappa shape index (κ1) is 14.3. The topological polar surface area (TPSA) is 50.7 Å². The molecule has 1 N–H and O–H groups in total. The number of hydrazone groups is 1. The van der Waals surface area contributed by atoms with Gasteiger partial charge in [-0.05, 0) is 50.0 Å². The summed E-state index contributed by atoms with van der Waals surface area (Å²) >= 11 is 0. The summed E-state index contributed by atoms with van der Waals surface area (Å²) in [6.07, 6.45) is 4.91. The number of aryl methyl sites for hydroxylation is 1. The molecule has 1 aromatic rings. The lowest BCUT2D eigenvalue weighted by Gasteiger charge is -2.06. The minimum atomic E-state index is -0.241. The van der Waals surface area contributed by atoms with Crippen molar-refractivity contribution in [3.05, 3.63) is 41.5 Å². The fourth-order valence-corrected chi connectivity index (χ4v) is 1.98. The maximum Gasteiger partial charge on any atom is 0.277 e. The molecule has 4 heteroatoms. The van der Waals surface area contributed by atoms with Crippen LogP contribution in [-0.4, -0.2) is 18.2 Å². The van der Waals surface area contributed by atoms with Gasteiger partial charge in [-0.1, -0.05) is 24.6 Å². The molecule has 1 aliphatic carbocycles. The molecule has 1 aliphatic rings. The lowest BCUT2D eigenvalue weighted by Crippen LogP contribution is -2.25. The second kappa shape index (κ2) is 6.89. The molecular formula is C16H20N2O2. The SMILES string of the molecule is CCc1ccc(OCC(=O)N/N=C2/C=C(C)CC2)cc1. The first-order chi connectivity index (χ1) is 9.67. The average Bonchev–Trinajstić information content (AvgIpc) is 2.89. The van der Waals surface area contributed by atoms with Crippen LogP contribution in [0.2, 0.25) is 0 Å². The smallest absolute Gasteiger partial charge is 0.277 e. The van der Waals surface area contributed by atoms with Crippen molar-refractivity contribution in [1.82, 2.24) is 5.43 Å². The Bertz CT molecular complexity index is 530. The van der Waals surface area contributed by atoms with Gasteiger partial charge in [-0.25, -0.2) is 5.43 Å². The van der Waals surface area contributed by atoms with Crippen LogP contribution in [0, 0.1) is 0 Å². The zero-order valence-electron chi connectivity index (χ0n) is 12.0. The van der Waals surface area contributed by atoms with Gasteiger partial charge < -0.3 is 4.74 Å². The first-order valence-corrected chi connectivity index (χ1v) is 6.91. The second-order valence-electron chi connectivity index (χ2n) is 4.91. The van der Waals surface area contributed by atoms with Gasteiger partial charge >= 0.3 is 0 Å². The molecule has 4 nitrogen and oxygen atoms in total. The van der Waals surface area contributed by atoms with E-state index in [9.17, 15) is 4.79 Å². The number of carbonyl (C=O) groups excluding carboxylic acids is 1. The molecule has 0 bridgehead atoms. The molecular weight excluding hydrogens is 252 g/mol. The number of ether oxygens (including phenoxy) is 1. The molecule has 1 amide bonds. The summed E-state index contributed by atoms with van der Waals surface area (Å²) in [7, 11) is 0. The Hall–Kier alpha value is -2.10. The summed E-state index contributed by atoms with van der Waals surface area (Å²) < 4.78 is 5.41. The van der Waals surface area contributed by atoms with Crippen molar-refractivity contribution in [3.8, 4) is 5.75 Å². The minimum Gasteiger partial charge on any atom is -0.484 e. The molecule has 0 saturated heterocycles. The fraction of sp³-hybridized carbons (Fsp3) is 0.375. The lowest BCUT2D eigenvalue weighted by molar-refractivity contribution is -0.123. The third kappa shape index (κ3) is 4.23. The van der Waals surface area contributed by atoms with Gasteiger partial charge in [-0.15, -0.1) is 0 Å². The highest BCUT2D eigenvalue weighted by Gasteiger charge is 2.07. The van der Waals surface area contributed by atoms with E-state index >= 15 is 0 Å². The van der Waals surface area contributed by atoms with E-state index in [1.165, 1.54) is 11.1 Å². The van der Waals surface area contributed by atoms with Crippen LogP contribution in [0.3, 0.4) is 0 Å². The van der Waals surface area contributed by atoms with E-state index in [2.05, 4.69) is 24.4 Å². The van der Waals surface area contributed by atoms with Crippen LogP contribution < -0.4 is 10.2 Å². The number of carbonyl (C=O) groups is 1. The Morgan fingerprint density at radius 3 is 2.65 bits per heavy atom. The molecule has 0 fully saturated rings. The van der Waals surface area contributed by atoms with Gasteiger partial charge in [0.1, 0.15) is 5.75 Å². The normalized spacial score (nSPS) is 16.1. The number of nitrogens with one attached hydrogen (secondary N) is 1. The quantitative estimate of drug-likeness (QED) is 0.838. The van der Waals surface area contributed by atoms with Gasteiger partial charge in [0.25, 0.3) is 5.91 Å². The molecule has 0 aliphatic heterocycles. The Balaban J connectivity index is 1.77. The van der Waals surface area contributed by atoms with Gasteiger partial charge in [-0.2, -0.15) is 5.10 Å². The average molecular weight is 272 g/mol. The van der Waals surface area contributed by atoms with Gasteiger partial charge in [0.2, 0.25) is 0 Å². The van der Waals surface area contributed by atoms with Crippen molar-refractivity contribution in [3.63, 3.8) is 0 Å². The molecule has 106 valence electrons. The predicted molar refractivity (Wildman–Crippen MR) is 79.9 cm³/mol. The van der Waals surface area contributed by atoms with Crippen LogP contribution in [0.4, 0.5) is 0 Å². The second-order valence-corrected chi connectivity index (χ2v) is 4.91. The van der Waals surface area contributed by atoms with E-state index < -0.39 is 0 Å². The van der Waals surface area contributed by atoms with E-state index in [0.29, 0.717) is 5.75 Å². The number of nitrogens with zero attached hydrogens (tertiary/aromatic N) is 1. The van der Waals surface area contributed by atoms with Gasteiger partial charge in [0.15, 0.2) is 6.61 Å². The molecule has 0 radical (unpaired) electrons. The van der Waals surface area contributed by atoms with Crippen molar-refractivity contribution in [2.75, 3.05) is 6.61 Å². The standard InChI is InChI=1S/C16H20N2O2/c1-3-13-5-8-15(9-6-13)20-11-16(19)18-17-14-7-4-12(2)10-14/h5-6,8-10H,3-4,7,11H2,1-2H3,(H,18,19)/b17-14+. The highest BCUT2D eigenvalue weighted by atomic mass is 16.5. The first-order valence-electron chi connectivity index (χ1n) is 6.91. The predicted octanol–water partition coefficient (Wildman–Crippen LogP) is 2.84. The summed E-state index contributed by atoms with van der Waals surface area (Å²) in [5, 5.41) is 4.07. The van der Waals surface area contributed by atoms with Crippen LogP contribution in [0.15, 0.2) is 41.0 Å². The number of hydrogen-bond acceptors (Lipinski definition) is 3. The molecule has 0 heterocycles. The van der Waals surface area contributed by atoms with E-state index in [1.54, 1.807) is 0 Å². The van der Waals surface area contributed by atoms with E-state index in [0.717, 1.165) is 25.0 Å². The Morgan fingerprint density at radius 2 is 2.05 bits per heavy atom. The van der Waals surface area contributed by atoms with Crippen molar-refractivity contribution in [2.24, 2.45) is 5.10 Å². The minimum absolute atomic E-state index is 0.0229. The van der Waals surface area contributed by atoms with Crippen molar-refractivity contribution in [2.45, 2.75) is 33.1 Å². The summed E-state index contributed by atoms with van der Waals surface area (Å²) in [6, 6.07) is 7.75. The monoisotopic (exact) mass is 272 g/mol. The summed E-state index contributed by atoms with van der Waals surface area (Å²) in [6.45, 7) is 4.14. The zero-order chi connectivity index (χ0) is 14.4. The van der Waals surface area contributed by atoms with Crippen LogP contribution in [0.25, 0.3) is 0 Å². The summed E-state index contributed by atoms with van der Waals surface area (Å²) in [5.41, 5.74) is 5.98. The number of hydrogen-bond donors (Lipinski definition) is 1. The third-order valence-corrected chi connectivity index (χ3v) is 3.21. The summed E-state index contributed by atoms with van der Waals surface area (Å²) in [4.78, 5) is 11.6. The Labute approximate surface area is 119 Å². The van der Waals surface area contributed by atoms with Gasteiger partial charge in [-0.3, -0.25) is 4.79 Å². The number of benzene rings is 1. The van der Waals surface area contributed by atoms with Crippen molar-refractivity contribution < 1.29 is 9.53 Å². The number of amides is 1. The molecule has 0 spiro atoms. The number of allylic oxidation sites excluding steroid dienone is 2. The van der Waals surface area contributed by atoms with Gasteiger partial charge in [0, 0.05) is 0 Å². The fourth-order valence-electron chi connectivity index (χ4n) is 1.98. The molecule has 1 aromatic carbocycles. The molecule has 2 rings (SSSR count). The summed E-state index contributed by atoms with van der Waals surface area (Å²) in [5.74, 6) is 0.455. The molecule has 20 heavy (non-hydrogen) atoms. The van der Waals surface area contributed by atoms with E-state index in [-0.39, 0.29) is 12.5 Å². The highest BCUT2D eigenvalue weighted by molar-refractivity contribution is 5.98. The molecule has 0 atom stereocenters. The van der Waals surface area contributed by atoms with Crippen LogP contribution >= 0.6 is 0 Å². The largest absolute Gasteiger partial charge is 0.484 e. The molecule has 0 aromatic heterocycles. The van der Waals surface area contributed by atoms with Crippen molar-refractivity contribution >= 4 is 11.6 Å². The van der Waals surface area contributed by atoms with Gasteiger partial charge in [0.05, 0.1) is 5.71 Å². The van der Waals surface area contributed by atoms with Crippen LogP contribution in [-0.2, 0) is 11.2 Å². The van der Waals surface area contributed by atoms with Crippen LogP contribution in [0.5, 0.6) is 5.75 Å². The van der Waals surface area contributed by atoms with Crippen molar-refractivity contribution in [1.29, 1.82) is 0 Å². The maximum atomic E-state index is 11.6. The van der Waals surface area contributed by atoms with E-state index in [4.69, 9.17) is 4.74 Å².